The molecule has 0 spiro atoms. The molecule has 29 heavy (non-hydrogen) atoms. The van der Waals surface area contributed by atoms with Gasteiger partial charge in [0.05, 0.1) is 16.7 Å². The van der Waals surface area contributed by atoms with Gasteiger partial charge in [-0.3, -0.25) is 9.13 Å². The van der Waals surface area contributed by atoms with E-state index in [0.29, 0.717) is 0 Å². The summed E-state index contributed by atoms with van der Waals surface area (Å²) in [7, 11) is 3.61. The highest BCUT2D eigenvalue weighted by Crippen LogP contribution is 2.18. The number of nitrogens with zero attached hydrogens (tertiary/aromatic N) is 6. The molecule has 9 heteroatoms. The van der Waals surface area contributed by atoms with E-state index in [9.17, 15) is 4.79 Å². The Morgan fingerprint density at radius 1 is 1.03 bits per heavy atom. The number of rotatable bonds is 8. The van der Waals surface area contributed by atoms with Crippen LogP contribution >= 0.6 is 11.8 Å². The van der Waals surface area contributed by atoms with Crippen LogP contribution in [0.3, 0.4) is 0 Å². The summed E-state index contributed by atoms with van der Waals surface area (Å²) in [6.07, 6.45) is 0.998. The number of para-hydroxylation sites is 1. The lowest BCUT2D eigenvalue weighted by atomic mass is 10.2. The fourth-order valence-electron chi connectivity index (χ4n) is 3.26. The molecule has 0 amide bonds. The molecule has 8 nitrogen and oxygen atoms in total. The molecule has 0 atom stereocenters. The van der Waals surface area contributed by atoms with Crippen molar-refractivity contribution in [3.8, 4) is 5.69 Å². The van der Waals surface area contributed by atoms with Crippen molar-refractivity contribution in [2.75, 3.05) is 12.3 Å². The topological polar surface area (TPSA) is 82.6 Å². The molecule has 0 aliphatic rings. The van der Waals surface area contributed by atoms with E-state index in [4.69, 9.17) is 0 Å². The van der Waals surface area contributed by atoms with Crippen LogP contribution in [0.15, 0.2) is 58.5 Å². The Morgan fingerprint density at radius 2 is 1.83 bits per heavy atom. The van der Waals surface area contributed by atoms with Crippen LogP contribution in [0, 0.1) is 0 Å². The maximum atomic E-state index is 12.0. The van der Waals surface area contributed by atoms with Crippen molar-refractivity contribution in [2.45, 2.75) is 18.1 Å². The third-order valence-corrected chi connectivity index (χ3v) is 5.84. The largest absolute Gasteiger partial charge is 0.328 e. The summed E-state index contributed by atoms with van der Waals surface area (Å²) in [5, 5.41) is 16.3. The highest BCUT2D eigenvalue weighted by atomic mass is 32.2. The molecule has 0 fully saturated rings. The number of fused-ring (bicyclic) bond motifs is 1. The number of benzene rings is 2. The summed E-state index contributed by atoms with van der Waals surface area (Å²) in [5.41, 5.74) is 4.04. The molecule has 0 unspecified atom stereocenters. The summed E-state index contributed by atoms with van der Waals surface area (Å²) >= 11 is 1.65. The second-order valence-corrected chi connectivity index (χ2v) is 7.87. The number of nitrogens with one attached hydrogen (secondary N) is 1. The summed E-state index contributed by atoms with van der Waals surface area (Å²) in [6.45, 7) is 1.66. The lowest BCUT2D eigenvalue weighted by Gasteiger charge is -2.06. The van der Waals surface area contributed by atoms with Crippen molar-refractivity contribution < 1.29 is 0 Å². The fourth-order valence-corrected chi connectivity index (χ4v) is 4.09. The van der Waals surface area contributed by atoms with Gasteiger partial charge < -0.3 is 5.32 Å². The fraction of sp³-hybridized carbons (Fsp3) is 0.300. The maximum Gasteiger partial charge on any atom is 0.328 e. The smallest absolute Gasteiger partial charge is 0.313 e. The molecule has 2 aromatic carbocycles. The quantitative estimate of drug-likeness (QED) is 0.355. The van der Waals surface area contributed by atoms with E-state index in [0.717, 1.165) is 47.1 Å². The number of hydrogen-bond acceptors (Lipinski definition) is 6. The van der Waals surface area contributed by atoms with Crippen molar-refractivity contribution in [3.05, 3.63) is 64.6 Å². The van der Waals surface area contributed by atoms with E-state index in [2.05, 4.69) is 33.0 Å². The Kier molecular flexibility index (Phi) is 5.77. The monoisotopic (exact) mass is 409 g/mol. The van der Waals surface area contributed by atoms with E-state index in [-0.39, 0.29) is 5.69 Å². The van der Waals surface area contributed by atoms with Gasteiger partial charge in [-0.25, -0.2) is 4.79 Å². The SMILES string of the molecule is Cn1c(=O)n(C)c2cc(CNCCCSc3nnnn3-c3ccccc3)ccc21. The number of hydrogen-bond donors (Lipinski definition) is 1. The second-order valence-electron chi connectivity index (χ2n) is 6.81. The van der Waals surface area contributed by atoms with Crippen molar-refractivity contribution in [1.29, 1.82) is 0 Å². The molecular weight excluding hydrogens is 386 g/mol. The first-order valence-electron chi connectivity index (χ1n) is 9.47. The molecule has 0 saturated carbocycles. The van der Waals surface area contributed by atoms with Gasteiger partial charge in [-0.15, -0.1) is 5.10 Å². The lowest BCUT2D eigenvalue weighted by molar-refractivity contribution is 0.678. The van der Waals surface area contributed by atoms with Crippen LogP contribution in [-0.2, 0) is 20.6 Å². The summed E-state index contributed by atoms with van der Waals surface area (Å²) in [5.74, 6) is 0.923. The lowest BCUT2D eigenvalue weighted by Crippen LogP contribution is -2.19. The van der Waals surface area contributed by atoms with E-state index in [1.54, 1.807) is 32.6 Å². The number of tetrazole rings is 1. The Labute approximate surface area is 172 Å². The highest BCUT2D eigenvalue weighted by Gasteiger charge is 2.09. The Bertz CT molecular complexity index is 1160. The molecular formula is C20H23N7OS. The molecule has 0 aliphatic heterocycles. The minimum absolute atomic E-state index is 0.0000215. The van der Waals surface area contributed by atoms with Crippen LogP contribution in [0.2, 0.25) is 0 Å². The van der Waals surface area contributed by atoms with Gasteiger partial charge >= 0.3 is 5.69 Å². The highest BCUT2D eigenvalue weighted by molar-refractivity contribution is 7.99. The number of thioether (sulfide) groups is 1. The van der Waals surface area contributed by atoms with Gasteiger partial charge in [0.25, 0.3) is 0 Å². The molecule has 0 bridgehead atoms. The van der Waals surface area contributed by atoms with E-state index >= 15 is 0 Å². The van der Waals surface area contributed by atoms with Gasteiger partial charge in [0.1, 0.15) is 0 Å². The third-order valence-electron chi connectivity index (χ3n) is 4.84. The number of aryl methyl sites for hydroxylation is 2. The maximum absolute atomic E-state index is 12.0. The minimum atomic E-state index is -0.0000215. The predicted octanol–water partition coefficient (Wildman–Crippen LogP) is 2.12. The second kappa shape index (κ2) is 8.62. The first-order valence-corrected chi connectivity index (χ1v) is 10.5. The average Bonchev–Trinajstić information content (AvgIpc) is 3.30. The zero-order valence-electron chi connectivity index (χ0n) is 16.4. The first kappa shape index (κ1) is 19.4. The molecule has 0 aliphatic carbocycles. The van der Waals surface area contributed by atoms with Gasteiger partial charge in [0.15, 0.2) is 0 Å². The van der Waals surface area contributed by atoms with Crippen LogP contribution < -0.4 is 11.0 Å². The van der Waals surface area contributed by atoms with E-state index in [1.807, 2.05) is 43.4 Å². The van der Waals surface area contributed by atoms with Crippen LogP contribution in [-0.4, -0.2) is 41.6 Å². The van der Waals surface area contributed by atoms with Crippen LogP contribution in [0.5, 0.6) is 0 Å². The Hall–Kier alpha value is -2.91. The zero-order chi connectivity index (χ0) is 20.2. The molecule has 0 saturated heterocycles. The molecule has 4 aromatic rings. The molecule has 1 N–H and O–H groups in total. The zero-order valence-corrected chi connectivity index (χ0v) is 17.3. The third kappa shape index (κ3) is 4.10. The Balaban J connectivity index is 1.26. The number of imidazole rings is 1. The van der Waals surface area contributed by atoms with Crippen LogP contribution in [0.4, 0.5) is 0 Å². The van der Waals surface area contributed by atoms with Crippen LogP contribution in [0.25, 0.3) is 16.7 Å². The van der Waals surface area contributed by atoms with Gasteiger partial charge in [0, 0.05) is 26.4 Å². The predicted molar refractivity (Wildman–Crippen MR) is 114 cm³/mol. The average molecular weight is 410 g/mol. The normalized spacial score (nSPS) is 11.4. The van der Waals surface area contributed by atoms with Gasteiger partial charge in [0.2, 0.25) is 5.16 Å². The summed E-state index contributed by atoms with van der Waals surface area (Å²) in [6, 6.07) is 16.0. The minimum Gasteiger partial charge on any atom is -0.313 e. The molecule has 0 radical (unpaired) electrons. The molecule has 2 heterocycles. The molecule has 4 rings (SSSR count). The number of aromatic nitrogens is 6. The van der Waals surface area contributed by atoms with Gasteiger partial charge in [-0.05, 0) is 53.2 Å². The van der Waals surface area contributed by atoms with Gasteiger partial charge in [-0.1, -0.05) is 36.0 Å². The summed E-state index contributed by atoms with van der Waals surface area (Å²) < 4.78 is 5.12. The Morgan fingerprint density at radius 3 is 2.66 bits per heavy atom. The van der Waals surface area contributed by atoms with Crippen molar-refractivity contribution in [2.24, 2.45) is 14.1 Å². The molecule has 150 valence electrons. The van der Waals surface area contributed by atoms with Crippen molar-refractivity contribution >= 4 is 22.8 Å². The van der Waals surface area contributed by atoms with Crippen molar-refractivity contribution in [1.82, 2.24) is 34.7 Å². The van der Waals surface area contributed by atoms with Gasteiger partial charge in [-0.2, -0.15) is 4.68 Å². The molecule has 2 aromatic heterocycles. The standard InChI is InChI=1S/C20H23N7OS/c1-25-17-10-9-15(13-18(17)26(2)20(25)28)14-21-11-6-12-29-19-22-23-24-27(19)16-7-4-3-5-8-16/h3-5,7-10,13,21H,6,11-12,14H2,1-2H3. The van der Waals surface area contributed by atoms with E-state index < -0.39 is 0 Å². The van der Waals surface area contributed by atoms with Crippen LogP contribution in [0.1, 0.15) is 12.0 Å². The first-order chi connectivity index (χ1) is 14.1. The van der Waals surface area contributed by atoms with E-state index in [1.165, 1.54) is 5.56 Å². The van der Waals surface area contributed by atoms with Crippen molar-refractivity contribution in [3.63, 3.8) is 0 Å². The summed E-state index contributed by atoms with van der Waals surface area (Å²) in [4.78, 5) is 12.0.